The van der Waals surface area contributed by atoms with Gasteiger partial charge in [0.2, 0.25) is 0 Å². The number of likely N-dealkylation sites (N-methyl/N-ethyl adjacent to an activating group) is 1. The van der Waals surface area contributed by atoms with E-state index in [1.807, 2.05) is 19.2 Å². The maximum atomic E-state index is 5.83. The van der Waals surface area contributed by atoms with Crippen molar-refractivity contribution in [3.05, 3.63) is 23.9 Å². The summed E-state index contributed by atoms with van der Waals surface area (Å²) < 4.78 is 5.48. The topological polar surface area (TPSA) is 60.2 Å². The molecule has 1 aromatic rings. The molecule has 0 amide bonds. The normalized spacial score (nSPS) is 13.8. The first-order valence-electron chi connectivity index (χ1n) is 5.43. The molecule has 4 heteroatoms. The fourth-order valence-corrected chi connectivity index (χ4v) is 1.68. The monoisotopic (exact) mass is 223 g/mol. The Balaban J connectivity index is 2.82. The minimum Gasteiger partial charge on any atom is -0.383 e. The number of nitrogens with two attached hydrogens (primary N) is 1. The first-order chi connectivity index (χ1) is 7.51. The van der Waals surface area contributed by atoms with Gasteiger partial charge in [0.25, 0.3) is 0 Å². The number of nitrogen functional groups attached to an aromatic ring is 1. The van der Waals surface area contributed by atoms with Crippen molar-refractivity contribution in [2.75, 3.05) is 19.9 Å². The van der Waals surface area contributed by atoms with Gasteiger partial charge in [0, 0.05) is 19.3 Å². The standard InChI is InChI=1S/C12H21N3O/c1-12(2,16-4)10(14-3)8-9-6-5-7-15-11(9)13/h5-7,10,14H,8H2,1-4H3,(H2,13,15). The van der Waals surface area contributed by atoms with Gasteiger partial charge >= 0.3 is 0 Å². The molecule has 16 heavy (non-hydrogen) atoms. The summed E-state index contributed by atoms with van der Waals surface area (Å²) in [6.07, 6.45) is 2.51. The molecular formula is C12H21N3O. The highest BCUT2D eigenvalue weighted by molar-refractivity contribution is 5.39. The second-order valence-electron chi connectivity index (χ2n) is 4.40. The molecule has 1 heterocycles. The zero-order valence-electron chi connectivity index (χ0n) is 10.4. The van der Waals surface area contributed by atoms with Crippen molar-refractivity contribution in [3.8, 4) is 0 Å². The summed E-state index contributed by atoms with van der Waals surface area (Å²) in [6, 6.07) is 4.10. The van der Waals surface area contributed by atoms with Gasteiger partial charge in [-0.25, -0.2) is 4.98 Å². The predicted molar refractivity (Wildman–Crippen MR) is 66.3 cm³/mol. The Morgan fingerprint density at radius 1 is 1.56 bits per heavy atom. The average molecular weight is 223 g/mol. The smallest absolute Gasteiger partial charge is 0.126 e. The molecule has 1 rings (SSSR count). The number of pyridine rings is 1. The number of hydrogen-bond donors (Lipinski definition) is 2. The van der Waals surface area contributed by atoms with Crippen molar-refractivity contribution in [2.24, 2.45) is 0 Å². The van der Waals surface area contributed by atoms with Crippen LogP contribution in [0.1, 0.15) is 19.4 Å². The van der Waals surface area contributed by atoms with Crippen LogP contribution in [0.15, 0.2) is 18.3 Å². The Labute approximate surface area is 97.2 Å². The summed E-state index contributed by atoms with van der Waals surface area (Å²) in [5.74, 6) is 0.592. The van der Waals surface area contributed by atoms with Gasteiger partial charge in [0.15, 0.2) is 0 Å². The molecule has 1 unspecified atom stereocenters. The van der Waals surface area contributed by atoms with E-state index >= 15 is 0 Å². The molecule has 0 aliphatic rings. The van der Waals surface area contributed by atoms with E-state index in [1.54, 1.807) is 13.3 Å². The molecule has 0 radical (unpaired) electrons. The first-order valence-corrected chi connectivity index (χ1v) is 5.43. The highest BCUT2D eigenvalue weighted by atomic mass is 16.5. The molecule has 0 fully saturated rings. The maximum Gasteiger partial charge on any atom is 0.126 e. The van der Waals surface area contributed by atoms with Crippen LogP contribution in [-0.2, 0) is 11.2 Å². The maximum absolute atomic E-state index is 5.83. The number of anilines is 1. The van der Waals surface area contributed by atoms with Crippen LogP contribution < -0.4 is 11.1 Å². The van der Waals surface area contributed by atoms with Gasteiger partial charge in [-0.05, 0) is 38.9 Å². The van der Waals surface area contributed by atoms with Crippen LogP contribution in [0.5, 0.6) is 0 Å². The van der Waals surface area contributed by atoms with Crippen molar-refractivity contribution < 1.29 is 4.74 Å². The Hall–Kier alpha value is -1.13. The number of nitrogens with one attached hydrogen (secondary N) is 1. The van der Waals surface area contributed by atoms with Crippen LogP contribution in [0.3, 0.4) is 0 Å². The Kier molecular flexibility index (Phi) is 4.26. The van der Waals surface area contributed by atoms with Gasteiger partial charge in [-0.2, -0.15) is 0 Å². The molecule has 0 saturated heterocycles. The van der Waals surface area contributed by atoms with Gasteiger partial charge in [-0.1, -0.05) is 6.07 Å². The molecular weight excluding hydrogens is 202 g/mol. The van der Waals surface area contributed by atoms with E-state index in [4.69, 9.17) is 10.5 Å². The minimum atomic E-state index is -0.239. The number of rotatable bonds is 5. The number of nitrogens with zero attached hydrogens (tertiary/aromatic N) is 1. The Morgan fingerprint density at radius 2 is 2.25 bits per heavy atom. The SMILES string of the molecule is CNC(Cc1cccnc1N)C(C)(C)OC. The quantitative estimate of drug-likeness (QED) is 0.788. The van der Waals surface area contributed by atoms with Gasteiger partial charge in [0.1, 0.15) is 5.82 Å². The van der Waals surface area contributed by atoms with Crippen molar-refractivity contribution in [3.63, 3.8) is 0 Å². The van der Waals surface area contributed by atoms with Crippen LogP contribution in [0, 0.1) is 0 Å². The third-order valence-electron chi connectivity index (χ3n) is 3.06. The fourth-order valence-electron chi connectivity index (χ4n) is 1.68. The van der Waals surface area contributed by atoms with Crippen LogP contribution >= 0.6 is 0 Å². The van der Waals surface area contributed by atoms with Crippen LogP contribution in [0.4, 0.5) is 5.82 Å². The van der Waals surface area contributed by atoms with Crippen LogP contribution in [0.25, 0.3) is 0 Å². The molecule has 0 aliphatic heterocycles. The van der Waals surface area contributed by atoms with Crippen molar-refractivity contribution >= 4 is 5.82 Å². The van der Waals surface area contributed by atoms with Crippen molar-refractivity contribution in [1.82, 2.24) is 10.3 Å². The lowest BCUT2D eigenvalue weighted by molar-refractivity contribution is -0.00794. The molecule has 0 spiro atoms. The van der Waals surface area contributed by atoms with Gasteiger partial charge in [-0.15, -0.1) is 0 Å². The lowest BCUT2D eigenvalue weighted by atomic mass is 9.92. The van der Waals surface area contributed by atoms with E-state index in [9.17, 15) is 0 Å². The van der Waals surface area contributed by atoms with Crippen molar-refractivity contribution in [1.29, 1.82) is 0 Å². The first kappa shape index (κ1) is 12.9. The van der Waals surface area contributed by atoms with Gasteiger partial charge in [-0.3, -0.25) is 0 Å². The summed E-state index contributed by atoms with van der Waals surface area (Å²) in [4.78, 5) is 4.08. The van der Waals surface area contributed by atoms with Crippen LogP contribution in [-0.4, -0.2) is 30.8 Å². The van der Waals surface area contributed by atoms with Crippen LogP contribution in [0.2, 0.25) is 0 Å². The van der Waals surface area contributed by atoms with E-state index in [2.05, 4.69) is 24.1 Å². The van der Waals surface area contributed by atoms with E-state index in [0.717, 1.165) is 12.0 Å². The molecule has 0 aliphatic carbocycles. The highest BCUT2D eigenvalue weighted by Gasteiger charge is 2.28. The summed E-state index contributed by atoms with van der Waals surface area (Å²) >= 11 is 0. The molecule has 0 saturated carbocycles. The predicted octanol–water partition coefficient (Wildman–Crippen LogP) is 1.22. The molecule has 0 aromatic carbocycles. The molecule has 1 aromatic heterocycles. The van der Waals surface area contributed by atoms with Gasteiger partial charge < -0.3 is 15.8 Å². The van der Waals surface area contributed by atoms with Crippen molar-refractivity contribution in [2.45, 2.75) is 31.9 Å². The van der Waals surface area contributed by atoms with E-state index in [0.29, 0.717) is 5.82 Å². The minimum absolute atomic E-state index is 0.198. The summed E-state index contributed by atoms with van der Waals surface area (Å²) in [5, 5.41) is 3.26. The second kappa shape index (κ2) is 5.27. The third-order valence-corrected chi connectivity index (χ3v) is 3.06. The summed E-state index contributed by atoms with van der Waals surface area (Å²) in [5.41, 5.74) is 6.64. The largest absolute Gasteiger partial charge is 0.383 e. The number of methoxy groups -OCH3 is 1. The average Bonchev–Trinajstić information content (AvgIpc) is 2.27. The Morgan fingerprint density at radius 3 is 2.75 bits per heavy atom. The lowest BCUT2D eigenvalue weighted by Crippen LogP contribution is -2.48. The molecule has 0 bridgehead atoms. The number of hydrogen-bond acceptors (Lipinski definition) is 4. The van der Waals surface area contributed by atoms with Gasteiger partial charge in [0.05, 0.1) is 5.60 Å². The second-order valence-corrected chi connectivity index (χ2v) is 4.40. The molecule has 4 nitrogen and oxygen atoms in total. The summed E-state index contributed by atoms with van der Waals surface area (Å²) in [6.45, 7) is 4.11. The van der Waals surface area contributed by atoms with E-state index in [1.165, 1.54) is 0 Å². The number of ether oxygens (including phenoxy) is 1. The zero-order valence-corrected chi connectivity index (χ0v) is 10.4. The molecule has 1 atom stereocenters. The zero-order chi connectivity index (χ0) is 12.2. The Bertz CT molecular complexity index is 339. The molecule has 90 valence electrons. The number of aromatic nitrogens is 1. The van der Waals surface area contributed by atoms with E-state index in [-0.39, 0.29) is 11.6 Å². The lowest BCUT2D eigenvalue weighted by Gasteiger charge is -2.33. The fraction of sp³-hybridized carbons (Fsp3) is 0.583. The molecule has 3 N–H and O–H groups in total. The third kappa shape index (κ3) is 2.93. The summed E-state index contributed by atoms with van der Waals surface area (Å²) in [7, 11) is 3.65. The highest BCUT2D eigenvalue weighted by Crippen LogP contribution is 2.19. The van der Waals surface area contributed by atoms with E-state index < -0.39 is 0 Å².